The molecular weight excluding hydrogens is 483 g/mol. The molecule has 3 aromatic rings. The topological polar surface area (TPSA) is 121 Å². The van der Waals surface area contributed by atoms with Gasteiger partial charge in [0.05, 0.1) is 36.6 Å². The van der Waals surface area contributed by atoms with Crippen molar-refractivity contribution >= 4 is 28.7 Å². The SMILES string of the molecule is COc1cc(-n2cnc3cc(N(N)C(=O)OC(C)(C)C)ccc32)cc(OC)c1C(=O)NC(F)C(F)F. The van der Waals surface area contributed by atoms with Gasteiger partial charge in [-0.25, -0.2) is 33.8 Å². The fourth-order valence-corrected chi connectivity index (χ4v) is 3.29. The highest BCUT2D eigenvalue weighted by atomic mass is 19.3. The van der Waals surface area contributed by atoms with Crippen LogP contribution in [0.15, 0.2) is 36.7 Å². The minimum Gasteiger partial charge on any atom is -0.496 e. The highest BCUT2D eigenvalue weighted by Gasteiger charge is 2.27. The molecule has 1 unspecified atom stereocenters. The summed E-state index contributed by atoms with van der Waals surface area (Å²) in [6.45, 7) is 5.15. The molecule has 1 heterocycles. The monoisotopic (exact) mass is 509 g/mol. The number of halogens is 3. The van der Waals surface area contributed by atoms with Crippen molar-refractivity contribution in [1.82, 2.24) is 14.9 Å². The average molecular weight is 509 g/mol. The number of hydrogen-bond acceptors (Lipinski definition) is 7. The van der Waals surface area contributed by atoms with E-state index < -0.39 is 30.3 Å². The third kappa shape index (κ3) is 5.62. The Morgan fingerprint density at radius 1 is 1.08 bits per heavy atom. The highest BCUT2D eigenvalue weighted by molar-refractivity contribution is 6.00. The number of carbonyl (C=O) groups is 2. The average Bonchev–Trinajstić information content (AvgIpc) is 3.24. The molecule has 194 valence electrons. The van der Waals surface area contributed by atoms with Gasteiger partial charge in [0.1, 0.15) is 29.0 Å². The molecule has 0 radical (unpaired) electrons. The Bertz CT molecular complexity index is 1250. The number of hydrogen-bond donors (Lipinski definition) is 2. The molecule has 36 heavy (non-hydrogen) atoms. The number of nitrogens with two attached hydrogens (primary N) is 1. The number of ether oxygens (including phenoxy) is 3. The summed E-state index contributed by atoms with van der Waals surface area (Å²) >= 11 is 0. The number of fused-ring (bicyclic) bond motifs is 1. The van der Waals surface area contributed by atoms with Crippen LogP contribution in [0.1, 0.15) is 31.1 Å². The fourth-order valence-electron chi connectivity index (χ4n) is 3.29. The molecule has 1 atom stereocenters. The summed E-state index contributed by atoms with van der Waals surface area (Å²) in [7, 11) is 2.53. The number of nitrogens with zero attached hydrogens (tertiary/aromatic N) is 3. The van der Waals surface area contributed by atoms with Crippen LogP contribution < -0.4 is 25.6 Å². The van der Waals surface area contributed by atoms with Crippen molar-refractivity contribution in [1.29, 1.82) is 0 Å². The molecule has 10 nitrogen and oxygen atoms in total. The Labute approximate surface area is 204 Å². The van der Waals surface area contributed by atoms with E-state index in [4.69, 9.17) is 20.1 Å². The van der Waals surface area contributed by atoms with Crippen LogP contribution in [0, 0.1) is 0 Å². The lowest BCUT2D eigenvalue weighted by molar-refractivity contribution is 0.0285. The van der Waals surface area contributed by atoms with E-state index in [1.54, 1.807) is 48.9 Å². The van der Waals surface area contributed by atoms with Gasteiger partial charge in [0.2, 0.25) is 6.30 Å². The van der Waals surface area contributed by atoms with Crippen molar-refractivity contribution in [3.8, 4) is 17.2 Å². The van der Waals surface area contributed by atoms with E-state index in [2.05, 4.69) is 4.98 Å². The number of amides is 2. The van der Waals surface area contributed by atoms with Crippen LogP contribution >= 0.6 is 0 Å². The molecular formula is C23H26F3N5O5. The Morgan fingerprint density at radius 3 is 2.22 bits per heavy atom. The molecule has 0 saturated carbocycles. The first kappa shape index (κ1) is 26.6. The smallest absolute Gasteiger partial charge is 0.429 e. The van der Waals surface area contributed by atoms with E-state index in [0.717, 1.165) is 5.01 Å². The van der Waals surface area contributed by atoms with Gasteiger partial charge in [0, 0.05) is 12.1 Å². The van der Waals surface area contributed by atoms with Crippen LogP contribution in [0.4, 0.5) is 23.7 Å². The standard InChI is InChI=1S/C23H26F3N5O5/c1-23(2,3)36-22(33)31(27)12-6-7-15-14(8-12)28-11-30(15)13-9-16(34-4)18(17(10-13)35-5)21(32)29-20(26)19(24)25/h6-11,19-20H,27H2,1-5H3,(H,29,32). The van der Waals surface area contributed by atoms with Crippen molar-refractivity contribution in [3.05, 3.63) is 42.2 Å². The summed E-state index contributed by atoms with van der Waals surface area (Å²) < 4.78 is 56.0. The summed E-state index contributed by atoms with van der Waals surface area (Å²) in [5.41, 5.74) is 0.867. The normalized spacial score (nSPS) is 12.4. The Hall–Kier alpha value is -4.00. The summed E-state index contributed by atoms with van der Waals surface area (Å²) in [5.74, 6) is 4.69. The van der Waals surface area contributed by atoms with Gasteiger partial charge in [-0.3, -0.25) is 9.36 Å². The maximum absolute atomic E-state index is 13.4. The fraction of sp³-hybridized carbons (Fsp3) is 0.348. The Kier molecular flexibility index (Phi) is 7.62. The summed E-state index contributed by atoms with van der Waals surface area (Å²) in [6, 6.07) is 7.72. The number of rotatable bonds is 7. The van der Waals surface area contributed by atoms with Crippen LogP contribution in [0.5, 0.6) is 11.5 Å². The minimum absolute atomic E-state index is 0.0418. The number of anilines is 1. The third-order valence-electron chi connectivity index (χ3n) is 4.89. The second kappa shape index (κ2) is 10.3. The number of imidazole rings is 1. The summed E-state index contributed by atoms with van der Waals surface area (Å²) in [4.78, 5) is 29.1. The Balaban J connectivity index is 1.99. The first-order chi connectivity index (χ1) is 16.9. The van der Waals surface area contributed by atoms with Crippen molar-refractivity contribution in [2.75, 3.05) is 19.2 Å². The van der Waals surface area contributed by atoms with Crippen LogP contribution in [-0.4, -0.2) is 54.1 Å². The lowest BCUT2D eigenvalue weighted by atomic mass is 10.1. The number of benzene rings is 2. The molecule has 2 amide bonds. The summed E-state index contributed by atoms with van der Waals surface area (Å²) in [5, 5.41) is 2.44. The number of alkyl halides is 3. The van der Waals surface area contributed by atoms with Gasteiger partial charge >= 0.3 is 6.09 Å². The van der Waals surface area contributed by atoms with Crippen LogP contribution in [0.25, 0.3) is 16.7 Å². The molecule has 0 saturated heterocycles. The zero-order valence-corrected chi connectivity index (χ0v) is 20.2. The highest BCUT2D eigenvalue weighted by Crippen LogP contribution is 2.34. The second-order valence-corrected chi connectivity index (χ2v) is 8.57. The molecule has 0 aliphatic rings. The predicted octanol–water partition coefficient (Wildman–Crippen LogP) is 3.95. The van der Waals surface area contributed by atoms with Gasteiger partial charge in [0.25, 0.3) is 12.3 Å². The molecule has 13 heteroatoms. The second-order valence-electron chi connectivity index (χ2n) is 8.57. The van der Waals surface area contributed by atoms with Crippen molar-refractivity contribution < 1.29 is 37.0 Å². The van der Waals surface area contributed by atoms with E-state index in [1.807, 2.05) is 0 Å². The van der Waals surface area contributed by atoms with Crippen LogP contribution in [0.2, 0.25) is 0 Å². The van der Waals surface area contributed by atoms with E-state index in [1.165, 1.54) is 32.7 Å². The summed E-state index contributed by atoms with van der Waals surface area (Å²) in [6.07, 6.45) is -5.52. The van der Waals surface area contributed by atoms with E-state index in [-0.39, 0.29) is 17.1 Å². The number of nitrogens with one attached hydrogen (secondary N) is 1. The molecule has 2 aromatic carbocycles. The van der Waals surface area contributed by atoms with Crippen LogP contribution in [-0.2, 0) is 4.74 Å². The van der Waals surface area contributed by atoms with E-state index in [9.17, 15) is 22.8 Å². The number of methoxy groups -OCH3 is 2. The number of hydrazine groups is 1. The van der Waals surface area contributed by atoms with Gasteiger partial charge in [-0.05, 0) is 39.0 Å². The molecule has 0 bridgehead atoms. The van der Waals surface area contributed by atoms with Crippen molar-refractivity contribution in [2.24, 2.45) is 5.84 Å². The molecule has 3 N–H and O–H groups in total. The molecule has 0 fully saturated rings. The zero-order chi connectivity index (χ0) is 26.8. The van der Waals surface area contributed by atoms with Gasteiger partial charge in [0.15, 0.2) is 0 Å². The quantitative estimate of drug-likeness (QED) is 0.214. The van der Waals surface area contributed by atoms with Gasteiger partial charge in [-0.1, -0.05) is 0 Å². The third-order valence-corrected chi connectivity index (χ3v) is 4.89. The largest absolute Gasteiger partial charge is 0.496 e. The molecule has 1 aromatic heterocycles. The van der Waals surface area contributed by atoms with Gasteiger partial charge in [-0.15, -0.1) is 0 Å². The molecule has 3 rings (SSSR count). The predicted molar refractivity (Wildman–Crippen MR) is 125 cm³/mol. The Morgan fingerprint density at radius 2 is 1.69 bits per heavy atom. The molecule has 0 aliphatic carbocycles. The molecule has 0 spiro atoms. The van der Waals surface area contributed by atoms with Gasteiger partial charge in [-0.2, -0.15) is 0 Å². The van der Waals surface area contributed by atoms with Crippen molar-refractivity contribution in [3.63, 3.8) is 0 Å². The van der Waals surface area contributed by atoms with E-state index in [0.29, 0.717) is 22.4 Å². The zero-order valence-electron chi connectivity index (χ0n) is 20.2. The lowest BCUT2D eigenvalue weighted by Crippen LogP contribution is -2.41. The number of carbonyl (C=O) groups excluding carboxylic acids is 2. The van der Waals surface area contributed by atoms with E-state index >= 15 is 0 Å². The lowest BCUT2D eigenvalue weighted by Gasteiger charge is -2.24. The van der Waals surface area contributed by atoms with Crippen LogP contribution in [0.3, 0.4) is 0 Å². The van der Waals surface area contributed by atoms with Crippen molar-refractivity contribution in [2.45, 2.75) is 39.1 Å². The molecule has 0 aliphatic heterocycles. The maximum atomic E-state index is 13.4. The van der Waals surface area contributed by atoms with Gasteiger partial charge < -0.3 is 19.5 Å². The first-order valence-corrected chi connectivity index (χ1v) is 10.6. The first-order valence-electron chi connectivity index (χ1n) is 10.6. The number of aromatic nitrogens is 2. The minimum atomic E-state index is -3.40. The maximum Gasteiger partial charge on any atom is 0.429 e.